The van der Waals surface area contributed by atoms with Crippen molar-refractivity contribution >= 4 is 28.5 Å². The van der Waals surface area contributed by atoms with Gasteiger partial charge < -0.3 is 20.4 Å². The number of ether oxygens (including phenoxy) is 1. The molecule has 0 aliphatic heterocycles. The lowest BCUT2D eigenvalue weighted by molar-refractivity contribution is -0.121. The third-order valence-corrected chi connectivity index (χ3v) is 5.49. The van der Waals surface area contributed by atoms with E-state index in [2.05, 4.69) is 35.7 Å². The number of carbonyl (C=O) groups excluding carboxylic acids is 1. The Hall–Kier alpha value is -3.69. The molecule has 0 radical (unpaired) electrons. The van der Waals surface area contributed by atoms with Gasteiger partial charge >= 0.3 is 0 Å². The molecule has 154 valence electrons. The number of nitrogens with one attached hydrogen (secondary N) is 3. The molecule has 1 aliphatic carbocycles. The molecule has 0 saturated heterocycles. The van der Waals surface area contributed by atoms with E-state index >= 15 is 0 Å². The molecule has 5 rings (SSSR count). The van der Waals surface area contributed by atoms with Crippen LogP contribution in [0.4, 0.5) is 5.95 Å². The Balaban J connectivity index is 1.44. The molecule has 4 aromatic heterocycles. The number of fused-ring (bicyclic) bond motifs is 2. The van der Waals surface area contributed by atoms with Crippen LogP contribution in [-0.2, 0) is 4.79 Å². The van der Waals surface area contributed by atoms with Gasteiger partial charge in [0.2, 0.25) is 17.7 Å². The normalized spacial score (nSPS) is 20.8. The Morgan fingerprint density at radius 3 is 2.97 bits per heavy atom. The van der Waals surface area contributed by atoms with Crippen LogP contribution in [0.25, 0.3) is 27.8 Å². The fourth-order valence-corrected chi connectivity index (χ4v) is 4.26. The molecule has 1 amide bonds. The van der Waals surface area contributed by atoms with Gasteiger partial charge in [0.15, 0.2) is 5.65 Å². The average molecular weight is 406 g/mol. The van der Waals surface area contributed by atoms with Crippen LogP contribution in [0.1, 0.15) is 26.7 Å². The smallest absolute Gasteiger partial charge is 0.228 e. The van der Waals surface area contributed by atoms with E-state index in [0.29, 0.717) is 17.5 Å². The van der Waals surface area contributed by atoms with E-state index in [4.69, 9.17) is 4.74 Å². The van der Waals surface area contributed by atoms with Gasteiger partial charge in [-0.05, 0) is 37.5 Å². The predicted molar refractivity (Wildman–Crippen MR) is 111 cm³/mol. The summed E-state index contributed by atoms with van der Waals surface area (Å²) in [6.07, 6.45) is 6.90. The molecule has 0 atom stereocenters. The number of H-pyrrole nitrogens is 1. The average Bonchev–Trinajstić information content (AvgIpc) is 3.31. The second-order valence-electron chi connectivity index (χ2n) is 7.95. The van der Waals surface area contributed by atoms with Crippen molar-refractivity contribution < 1.29 is 9.53 Å². The largest absolute Gasteiger partial charge is 0.480 e. The highest BCUT2D eigenvalue weighted by Gasteiger charge is 2.41. The van der Waals surface area contributed by atoms with Crippen molar-refractivity contribution in [3.05, 3.63) is 30.9 Å². The molecular weight excluding hydrogens is 384 g/mol. The summed E-state index contributed by atoms with van der Waals surface area (Å²) in [6, 6.07) is 4.11. The predicted octanol–water partition coefficient (Wildman–Crippen LogP) is 2.15. The molecule has 1 aliphatic rings. The number of amides is 1. The van der Waals surface area contributed by atoms with E-state index in [0.717, 1.165) is 35.0 Å². The fourth-order valence-electron chi connectivity index (χ4n) is 4.26. The summed E-state index contributed by atoms with van der Waals surface area (Å²) in [7, 11) is 1.60. The summed E-state index contributed by atoms with van der Waals surface area (Å²) in [4.78, 5) is 28.0. The third-order valence-electron chi connectivity index (χ3n) is 5.49. The van der Waals surface area contributed by atoms with Gasteiger partial charge in [-0.2, -0.15) is 15.1 Å². The highest BCUT2D eigenvalue weighted by atomic mass is 16.5. The van der Waals surface area contributed by atoms with Crippen molar-refractivity contribution in [2.75, 3.05) is 12.4 Å². The van der Waals surface area contributed by atoms with Gasteiger partial charge in [0, 0.05) is 36.5 Å². The van der Waals surface area contributed by atoms with Crippen LogP contribution in [0, 0.1) is 0 Å². The first-order valence-corrected chi connectivity index (χ1v) is 9.72. The molecule has 1 fully saturated rings. The second-order valence-corrected chi connectivity index (χ2v) is 7.95. The van der Waals surface area contributed by atoms with Crippen LogP contribution in [-0.4, -0.2) is 54.1 Å². The molecule has 4 aromatic rings. The Morgan fingerprint density at radius 1 is 1.37 bits per heavy atom. The van der Waals surface area contributed by atoms with E-state index < -0.39 is 0 Å². The molecule has 0 unspecified atom stereocenters. The van der Waals surface area contributed by atoms with E-state index in [1.807, 2.05) is 31.5 Å². The van der Waals surface area contributed by atoms with Crippen LogP contribution in [0.2, 0.25) is 0 Å². The van der Waals surface area contributed by atoms with E-state index in [9.17, 15) is 4.79 Å². The van der Waals surface area contributed by atoms with Crippen LogP contribution in [0.5, 0.6) is 5.88 Å². The summed E-state index contributed by atoms with van der Waals surface area (Å²) < 4.78 is 7.30. The number of aromatic nitrogens is 6. The number of pyridine rings is 1. The minimum atomic E-state index is -0.183. The molecule has 30 heavy (non-hydrogen) atoms. The van der Waals surface area contributed by atoms with Crippen LogP contribution in [0.3, 0.4) is 0 Å². The van der Waals surface area contributed by atoms with Gasteiger partial charge in [0.05, 0.1) is 12.5 Å². The van der Waals surface area contributed by atoms with E-state index in [1.165, 1.54) is 13.3 Å². The Labute approximate surface area is 172 Å². The summed E-state index contributed by atoms with van der Waals surface area (Å²) in [5.41, 5.74) is 3.16. The Bertz CT molecular complexity index is 1250. The molecule has 4 heterocycles. The zero-order valence-electron chi connectivity index (χ0n) is 16.9. The number of carbonyl (C=O) groups is 1. The lowest BCUT2D eigenvalue weighted by atomic mass is 9.74. The topological polar surface area (TPSA) is 122 Å². The third kappa shape index (κ3) is 3.10. The number of rotatable bonds is 5. The molecule has 0 bridgehead atoms. The zero-order valence-corrected chi connectivity index (χ0v) is 16.9. The summed E-state index contributed by atoms with van der Waals surface area (Å²) in [6.45, 7) is 3.58. The van der Waals surface area contributed by atoms with Crippen molar-refractivity contribution in [3.8, 4) is 17.0 Å². The van der Waals surface area contributed by atoms with Gasteiger partial charge in [0.25, 0.3) is 0 Å². The van der Waals surface area contributed by atoms with Gasteiger partial charge in [-0.15, -0.1) is 0 Å². The van der Waals surface area contributed by atoms with Crippen LogP contribution in [0.15, 0.2) is 30.9 Å². The van der Waals surface area contributed by atoms with E-state index in [-0.39, 0.29) is 17.5 Å². The minimum absolute atomic E-state index is 0.0153. The quantitative estimate of drug-likeness (QED) is 0.464. The molecule has 10 heteroatoms. The number of hydrogen-bond donors (Lipinski definition) is 3. The van der Waals surface area contributed by atoms with Gasteiger partial charge in [-0.25, -0.2) is 9.50 Å². The van der Waals surface area contributed by atoms with Gasteiger partial charge in [0.1, 0.15) is 12.0 Å². The maximum atomic E-state index is 11.3. The molecule has 10 nitrogen and oxygen atoms in total. The second kappa shape index (κ2) is 6.68. The van der Waals surface area contributed by atoms with Crippen molar-refractivity contribution in [3.63, 3.8) is 0 Å². The standard InChI is InChI=1S/C20H22N8O2/c1-11(29)27-20(2)7-13(8-20)24-19-25-17-16(18(26-19)30-3)14(9-21-17)12-4-5-28-15(6-12)22-10-23-28/h4-6,9-10,13H,7-8H2,1-3H3,(H,27,29)(H2,21,24,25,26)/t13-,20-. The lowest BCUT2D eigenvalue weighted by Crippen LogP contribution is -2.59. The van der Waals surface area contributed by atoms with Crippen molar-refractivity contribution in [1.29, 1.82) is 0 Å². The van der Waals surface area contributed by atoms with Crippen LogP contribution >= 0.6 is 0 Å². The molecule has 1 saturated carbocycles. The van der Waals surface area contributed by atoms with Gasteiger partial charge in [-0.3, -0.25) is 4.79 Å². The minimum Gasteiger partial charge on any atom is -0.480 e. The number of hydrogen-bond acceptors (Lipinski definition) is 7. The zero-order chi connectivity index (χ0) is 20.9. The highest BCUT2D eigenvalue weighted by molar-refractivity contribution is 5.98. The molecule has 3 N–H and O–H groups in total. The van der Waals surface area contributed by atoms with Crippen LogP contribution < -0.4 is 15.4 Å². The van der Waals surface area contributed by atoms with E-state index in [1.54, 1.807) is 11.6 Å². The molecule has 0 aromatic carbocycles. The first kappa shape index (κ1) is 18.3. The number of anilines is 1. The van der Waals surface area contributed by atoms with Gasteiger partial charge in [-0.1, -0.05) is 0 Å². The summed E-state index contributed by atoms with van der Waals surface area (Å²) >= 11 is 0. The summed E-state index contributed by atoms with van der Waals surface area (Å²) in [5.74, 6) is 0.970. The first-order chi connectivity index (χ1) is 14.4. The molecular formula is C20H22N8O2. The van der Waals surface area contributed by atoms with Crippen molar-refractivity contribution in [2.24, 2.45) is 0 Å². The van der Waals surface area contributed by atoms with Crippen molar-refractivity contribution in [1.82, 2.24) is 34.9 Å². The number of methoxy groups -OCH3 is 1. The Morgan fingerprint density at radius 2 is 2.20 bits per heavy atom. The number of aromatic amines is 1. The summed E-state index contributed by atoms with van der Waals surface area (Å²) in [5, 5.41) is 11.3. The highest BCUT2D eigenvalue weighted by Crippen LogP contribution is 2.37. The maximum Gasteiger partial charge on any atom is 0.228 e. The Kier molecular flexibility index (Phi) is 4.09. The monoisotopic (exact) mass is 406 g/mol. The molecule has 0 spiro atoms. The number of nitrogens with zero attached hydrogens (tertiary/aromatic N) is 5. The fraction of sp³-hybridized carbons (Fsp3) is 0.350. The first-order valence-electron chi connectivity index (χ1n) is 9.72. The van der Waals surface area contributed by atoms with Crippen molar-refractivity contribution in [2.45, 2.75) is 38.3 Å². The lowest BCUT2D eigenvalue weighted by Gasteiger charge is -2.45. The maximum absolute atomic E-state index is 11.3. The SMILES string of the molecule is COc1nc(N[C@H]2C[C@](C)(NC(C)=O)C2)nc2[nH]cc(-c3ccn4ncnc4c3)c12.